The lowest BCUT2D eigenvalue weighted by atomic mass is 10.0. The number of halogens is 1. The van der Waals surface area contributed by atoms with Crippen molar-refractivity contribution in [3.8, 4) is 11.1 Å². The Morgan fingerprint density at radius 3 is 2.73 bits per heavy atom. The lowest BCUT2D eigenvalue weighted by molar-refractivity contribution is -0.130. The first-order chi connectivity index (χ1) is 12.5. The van der Waals surface area contributed by atoms with Crippen LogP contribution in [-0.4, -0.2) is 33.4 Å². The molecule has 5 heteroatoms. The van der Waals surface area contributed by atoms with Crippen LogP contribution in [0.4, 0.5) is 4.39 Å². The van der Waals surface area contributed by atoms with Crippen LogP contribution in [-0.2, 0) is 11.3 Å². The molecule has 1 aromatic carbocycles. The van der Waals surface area contributed by atoms with Crippen molar-refractivity contribution >= 4 is 16.9 Å². The highest BCUT2D eigenvalue weighted by Gasteiger charge is 2.20. The van der Waals surface area contributed by atoms with Gasteiger partial charge in [0.15, 0.2) is 0 Å². The summed E-state index contributed by atoms with van der Waals surface area (Å²) in [5, 5.41) is 0. The molecule has 4 rings (SSSR count). The third kappa shape index (κ3) is 2.87. The van der Waals surface area contributed by atoms with Gasteiger partial charge in [-0.1, -0.05) is 18.2 Å². The predicted molar refractivity (Wildman–Crippen MR) is 100 cm³/mol. The Morgan fingerprint density at radius 1 is 1.19 bits per heavy atom. The van der Waals surface area contributed by atoms with Crippen LogP contribution < -0.4 is 0 Å². The number of pyridine rings is 1. The molecule has 1 fully saturated rings. The minimum Gasteiger partial charge on any atom is -0.341 e. The van der Waals surface area contributed by atoms with E-state index in [0.717, 1.165) is 48.1 Å². The fourth-order valence-corrected chi connectivity index (χ4v) is 3.70. The highest BCUT2D eigenvalue weighted by Crippen LogP contribution is 2.28. The number of carbonyl (C=O) groups excluding carboxylic acids is 1. The molecule has 3 aromatic rings. The van der Waals surface area contributed by atoms with Gasteiger partial charge in [-0.15, -0.1) is 0 Å². The minimum atomic E-state index is -0.225. The van der Waals surface area contributed by atoms with Crippen molar-refractivity contribution in [2.24, 2.45) is 0 Å². The van der Waals surface area contributed by atoms with Crippen molar-refractivity contribution in [2.45, 2.75) is 33.2 Å². The molecular formula is C21H22FN3O. The van der Waals surface area contributed by atoms with E-state index in [9.17, 15) is 9.18 Å². The van der Waals surface area contributed by atoms with E-state index in [4.69, 9.17) is 0 Å². The number of hydrogen-bond acceptors (Lipinski definition) is 2. The minimum absolute atomic E-state index is 0.131. The Kier molecular flexibility index (Phi) is 4.23. The molecule has 0 radical (unpaired) electrons. The molecule has 0 N–H and O–H groups in total. The predicted octanol–water partition coefficient (Wildman–Crippen LogP) is 4.08. The summed E-state index contributed by atoms with van der Waals surface area (Å²) in [5.74, 6) is -0.0943. The molecule has 0 bridgehead atoms. The molecular weight excluding hydrogens is 329 g/mol. The third-order valence-corrected chi connectivity index (χ3v) is 5.17. The summed E-state index contributed by atoms with van der Waals surface area (Å²) in [7, 11) is 0. The number of hydrogen-bond donors (Lipinski definition) is 0. The van der Waals surface area contributed by atoms with Crippen LogP contribution in [0.1, 0.15) is 24.0 Å². The summed E-state index contributed by atoms with van der Waals surface area (Å²) >= 11 is 0. The van der Waals surface area contributed by atoms with Gasteiger partial charge < -0.3 is 9.47 Å². The Balaban J connectivity index is 1.75. The van der Waals surface area contributed by atoms with Crippen LogP contribution in [0.2, 0.25) is 0 Å². The van der Waals surface area contributed by atoms with Crippen LogP contribution >= 0.6 is 0 Å². The topological polar surface area (TPSA) is 38.1 Å². The molecule has 0 aliphatic carbocycles. The van der Waals surface area contributed by atoms with Crippen molar-refractivity contribution in [3.05, 3.63) is 53.6 Å². The molecule has 1 aliphatic rings. The maximum Gasteiger partial charge on any atom is 0.242 e. The Labute approximate surface area is 152 Å². The molecule has 2 aromatic heterocycles. The van der Waals surface area contributed by atoms with E-state index in [2.05, 4.69) is 4.98 Å². The average Bonchev–Trinajstić information content (AvgIpc) is 3.26. The summed E-state index contributed by atoms with van der Waals surface area (Å²) in [4.78, 5) is 19.0. The number of aryl methyl sites for hydroxylation is 2. The summed E-state index contributed by atoms with van der Waals surface area (Å²) in [5.41, 5.74) is 4.62. The summed E-state index contributed by atoms with van der Waals surface area (Å²) in [6.07, 6.45) is 5.83. The van der Waals surface area contributed by atoms with Crippen LogP contribution in [0.25, 0.3) is 22.2 Å². The summed E-state index contributed by atoms with van der Waals surface area (Å²) in [6, 6.07) is 7.30. The van der Waals surface area contributed by atoms with Gasteiger partial charge in [-0.3, -0.25) is 9.78 Å². The number of carbonyl (C=O) groups is 1. The Bertz CT molecular complexity index is 986. The number of fused-ring (bicyclic) bond motifs is 1. The zero-order valence-electron chi connectivity index (χ0n) is 15.1. The van der Waals surface area contributed by atoms with Gasteiger partial charge in [0.2, 0.25) is 5.91 Å². The van der Waals surface area contributed by atoms with E-state index in [1.54, 1.807) is 25.3 Å². The molecule has 1 saturated heterocycles. The smallest absolute Gasteiger partial charge is 0.242 e. The molecule has 1 amide bonds. The molecule has 134 valence electrons. The first-order valence-corrected chi connectivity index (χ1v) is 9.03. The zero-order chi connectivity index (χ0) is 18.3. The second kappa shape index (κ2) is 6.56. The van der Waals surface area contributed by atoms with E-state index in [1.807, 2.05) is 34.7 Å². The second-order valence-corrected chi connectivity index (χ2v) is 7.06. The SMILES string of the molecule is Cc1cccc(-c2cnc3c(C)cn(CC(=O)N4CCCC4)c3c2)c1F. The molecule has 1 aliphatic heterocycles. The molecule has 0 spiro atoms. The maximum atomic E-state index is 14.5. The van der Waals surface area contributed by atoms with Crippen LogP contribution in [0.3, 0.4) is 0 Å². The number of rotatable bonds is 3. The second-order valence-electron chi connectivity index (χ2n) is 7.06. The Hall–Kier alpha value is -2.69. The van der Waals surface area contributed by atoms with Gasteiger partial charge in [-0.2, -0.15) is 0 Å². The zero-order valence-corrected chi connectivity index (χ0v) is 15.1. The van der Waals surface area contributed by atoms with E-state index in [0.29, 0.717) is 17.7 Å². The number of amides is 1. The Morgan fingerprint density at radius 2 is 1.96 bits per heavy atom. The largest absolute Gasteiger partial charge is 0.341 e. The number of nitrogens with zero attached hydrogens (tertiary/aromatic N) is 3. The third-order valence-electron chi connectivity index (χ3n) is 5.17. The van der Waals surface area contributed by atoms with Gasteiger partial charge in [0.1, 0.15) is 12.4 Å². The first kappa shape index (κ1) is 16.8. The lowest BCUT2D eigenvalue weighted by Gasteiger charge is -2.16. The van der Waals surface area contributed by atoms with Crippen molar-refractivity contribution in [2.75, 3.05) is 13.1 Å². The van der Waals surface area contributed by atoms with Gasteiger partial charge in [0, 0.05) is 36.6 Å². The van der Waals surface area contributed by atoms with E-state index < -0.39 is 0 Å². The highest BCUT2D eigenvalue weighted by molar-refractivity contribution is 5.86. The number of likely N-dealkylation sites (tertiary alicyclic amines) is 1. The number of benzene rings is 1. The van der Waals surface area contributed by atoms with Crippen LogP contribution in [0.5, 0.6) is 0 Å². The number of aromatic nitrogens is 2. The van der Waals surface area contributed by atoms with Gasteiger partial charge >= 0.3 is 0 Å². The highest BCUT2D eigenvalue weighted by atomic mass is 19.1. The monoisotopic (exact) mass is 351 g/mol. The molecule has 26 heavy (non-hydrogen) atoms. The van der Waals surface area contributed by atoms with Gasteiger partial charge in [0.05, 0.1) is 11.0 Å². The van der Waals surface area contributed by atoms with Gasteiger partial charge in [-0.25, -0.2) is 4.39 Å². The van der Waals surface area contributed by atoms with Crippen molar-refractivity contribution in [1.82, 2.24) is 14.5 Å². The van der Waals surface area contributed by atoms with Crippen molar-refractivity contribution in [1.29, 1.82) is 0 Å². The molecule has 0 unspecified atom stereocenters. The lowest BCUT2D eigenvalue weighted by Crippen LogP contribution is -2.30. The van der Waals surface area contributed by atoms with Crippen LogP contribution in [0, 0.1) is 19.7 Å². The standard InChI is InChI=1S/C21H22FN3O/c1-14-6-5-7-17(20(14)22)16-10-18-21(23-11-16)15(2)12-25(18)13-19(26)24-8-3-4-9-24/h5-7,10-12H,3-4,8-9,13H2,1-2H3. The van der Waals surface area contributed by atoms with Crippen molar-refractivity contribution in [3.63, 3.8) is 0 Å². The normalized spacial score (nSPS) is 14.3. The van der Waals surface area contributed by atoms with Gasteiger partial charge in [0.25, 0.3) is 0 Å². The summed E-state index contributed by atoms with van der Waals surface area (Å²) < 4.78 is 16.5. The maximum absolute atomic E-state index is 14.5. The average molecular weight is 351 g/mol. The van der Waals surface area contributed by atoms with Gasteiger partial charge in [-0.05, 0) is 43.9 Å². The van der Waals surface area contributed by atoms with E-state index in [-0.39, 0.29) is 11.7 Å². The molecule has 0 atom stereocenters. The van der Waals surface area contributed by atoms with Crippen molar-refractivity contribution < 1.29 is 9.18 Å². The first-order valence-electron chi connectivity index (χ1n) is 9.03. The summed E-state index contributed by atoms with van der Waals surface area (Å²) in [6.45, 7) is 5.72. The van der Waals surface area contributed by atoms with Crippen LogP contribution in [0.15, 0.2) is 36.7 Å². The fraction of sp³-hybridized carbons (Fsp3) is 0.333. The fourth-order valence-electron chi connectivity index (χ4n) is 3.70. The molecule has 0 saturated carbocycles. The van der Waals surface area contributed by atoms with E-state index in [1.165, 1.54) is 0 Å². The quantitative estimate of drug-likeness (QED) is 0.713. The molecule has 4 nitrogen and oxygen atoms in total. The molecule has 3 heterocycles. The van der Waals surface area contributed by atoms with E-state index >= 15 is 0 Å².